The van der Waals surface area contributed by atoms with Crippen molar-refractivity contribution in [2.24, 2.45) is 0 Å². The van der Waals surface area contributed by atoms with Gasteiger partial charge in [0.2, 0.25) is 5.91 Å². The van der Waals surface area contributed by atoms with Crippen molar-refractivity contribution >= 4 is 29.2 Å². The van der Waals surface area contributed by atoms with Crippen molar-refractivity contribution in [3.8, 4) is 0 Å². The van der Waals surface area contributed by atoms with E-state index in [0.717, 1.165) is 5.56 Å². The van der Waals surface area contributed by atoms with Gasteiger partial charge in [-0.15, -0.1) is 0 Å². The number of carboxylic acids is 1. The summed E-state index contributed by atoms with van der Waals surface area (Å²) in [5.41, 5.74) is 2.03. The Bertz CT molecular complexity index is 1020. The molecule has 0 heterocycles. The Morgan fingerprint density at radius 2 is 1.32 bits per heavy atom. The molecular weight excluding hydrogens is 356 g/mol. The Kier molecular flexibility index (Phi) is 5.81. The topological polar surface area (TPSA) is 98.3 Å². The Morgan fingerprint density at radius 1 is 0.714 bits per heavy atom. The lowest BCUT2D eigenvalue weighted by Crippen LogP contribution is -2.22. The zero-order chi connectivity index (χ0) is 19.9. The fourth-order valence-electron chi connectivity index (χ4n) is 2.65. The molecule has 0 saturated carbocycles. The molecule has 0 aliphatic carbocycles. The monoisotopic (exact) mass is 373 g/mol. The number of nitrogens with one attached hydrogen (secondary N) is 2. The van der Waals surface area contributed by atoms with Gasteiger partial charge in [0, 0.05) is 16.9 Å². The Labute approximate surface area is 161 Å². The predicted molar refractivity (Wildman–Crippen MR) is 104 cm³/mol. The number of hydrogen-bond acceptors (Lipinski definition) is 4. The second-order valence-electron chi connectivity index (χ2n) is 6.11. The van der Waals surface area contributed by atoms with Crippen molar-refractivity contribution in [3.05, 3.63) is 95.6 Å². The first-order valence-corrected chi connectivity index (χ1v) is 8.58. The molecule has 0 unspecified atom stereocenters. The summed E-state index contributed by atoms with van der Waals surface area (Å²) in [6.07, 6.45) is 0.229. The quantitative estimate of drug-likeness (QED) is 0.693. The fraction of sp³-hybridized carbons (Fsp3) is 0.0455. The maximum absolute atomic E-state index is 12.4. The molecule has 0 aliphatic heterocycles. The highest BCUT2D eigenvalue weighted by molar-refractivity contribution is 6.05. The van der Waals surface area contributed by atoms with Crippen LogP contribution in [-0.4, -0.2) is 17.8 Å². The van der Waals surface area contributed by atoms with Gasteiger partial charge < -0.3 is 20.5 Å². The number of carbonyl (C=O) groups is 3. The minimum atomic E-state index is -1.32. The van der Waals surface area contributed by atoms with Gasteiger partial charge in [0.05, 0.1) is 12.4 Å². The largest absolute Gasteiger partial charge is 0.545 e. The van der Waals surface area contributed by atoms with Crippen LogP contribution in [0.2, 0.25) is 0 Å². The van der Waals surface area contributed by atoms with Crippen LogP contribution in [-0.2, 0) is 11.2 Å². The third-order valence-corrected chi connectivity index (χ3v) is 3.97. The number of carboxylic acid groups (broad SMARTS) is 1. The minimum Gasteiger partial charge on any atom is -0.545 e. The summed E-state index contributed by atoms with van der Waals surface area (Å²) >= 11 is 0. The summed E-state index contributed by atoms with van der Waals surface area (Å²) in [6, 6.07) is 21.6. The van der Waals surface area contributed by atoms with Crippen molar-refractivity contribution in [1.29, 1.82) is 0 Å². The van der Waals surface area contributed by atoms with Gasteiger partial charge in [-0.1, -0.05) is 48.5 Å². The smallest absolute Gasteiger partial charge is 0.255 e. The molecule has 0 aromatic heterocycles. The zero-order valence-electron chi connectivity index (χ0n) is 14.8. The summed E-state index contributed by atoms with van der Waals surface area (Å²) in [7, 11) is 0. The van der Waals surface area contributed by atoms with E-state index < -0.39 is 11.9 Å². The second kappa shape index (κ2) is 8.64. The lowest BCUT2D eigenvalue weighted by Gasteiger charge is -2.10. The van der Waals surface area contributed by atoms with E-state index in [1.165, 1.54) is 18.2 Å². The molecule has 0 saturated heterocycles. The number of hydrogen-bond donors (Lipinski definition) is 2. The zero-order valence-corrected chi connectivity index (χ0v) is 14.8. The van der Waals surface area contributed by atoms with Crippen LogP contribution in [0.25, 0.3) is 0 Å². The van der Waals surface area contributed by atoms with Crippen LogP contribution in [0.4, 0.5) is 11.4 Å². The third-order valence-electron chi connectivity index (χ3n) is 3.97. The standard InChI is InChI=1S/C22H18N2O4/c25-20(12-15-6-2-1-3-7-15)23-18-10-4-8-16(13-18)21(26)24-19-11-5-9-17(14-19)22(27)28/h1-11,13-14H,12H2,(H,23,25)(H,24,26)(H,27,28)/p-1. The van der Waals surface area contributed by atoms with Gasteiger partial charge in [-0.05, 0) is 41.5 Å². The van der Waals surface area contributed by atoms with E-state index in [1.54, 1.807) is 30.3 Å². The molecule has 0 bridgehead atoms. The van der Waals surface area contributed by atoms with Crippen LogP contribution in [0, 0.1) is 0 Å². The molecule has 2 N–H and O–H groups in total. The molecule has 0 aliphatic rings. The van der Waals surface area contributed by atoms with E-state index in [1.807, 2.05) is 30.3 Å². The van der Waals surface area contributed by atoms with Crippen LogP contribution < -0.4 is 15.7 Å². The van der Waals surface area contributed by atoms with Gasteiger partial charge in [0.25, 0.3) is 5.91 Å². The van der Waals surface area contributed by atoms with Crippen molar-refractivity contribution in [1.82, 2.24) is 0 Å². The molecule has 3 rings (SSSR count). The highest BCUT2D eigenvalue weighted by atomic mass is 16.4. The first-order chi connectivity index (χ1) is 13.5. The van der Waals surface area contributed by atoms with Gasteiger partial charge in [0.15, 0.2) is 0 Å². The third kappa shape index (κ3) is 5.04. The van der Waals surface area contributed by atoms with Crippen molar-refractivity contribution in [3.63, 3.8) is 0 Å². The highest BCUT2D eigenvalue weighted by Crippen LogP contribution is 2.15. The van der Waals surface area contributed by atoms with Gasteiger partial charge >= 0.3 is 0 Å². The minimum absolute atomic E-state index is 0.0280. The average molecular weight is 373 g/mol. The van der Waals surface area contributed by atoms with E-state index in [9.17, 15) is 19.5 Å². The van der Waals surface area contributed by atoms with Crippen molar-refractivity contribution < 1.29 is 19.5 Å². The van der Waals surface area contributed by atoms with Crippen LogP contribution in [0.15, 0.2) is 78.9 Å². The van der Waals surface area contributed by atoms with E-state index >= 15 is 0 Å². The van der Waals surface area contributed by atoms with Crippen LogP contribution in [0.3, 0.4) is 0 Å². The van der Waals surface area contributed by atoms with Crippen LogP contribution >= 0.6 is 0 Å². The Morgan fingerprint density at radius 3 is 2.00 bits per heavy atom. The van der Waals surface area contributed by atoms with E-state index in [-0.39, 0.29) is 17.9 Å². The molecule has 28 heavy (non-hydrogen) atoms. The van der Waals surface area contributed by atoms with E-state index in [4.69, 9.17) is 0 Å². The van der Waals surface area contributed by atoms with E-state index in [2.05, 4.69) is 10.6 Å². The highest BCUT2D eigenvalue weighted by Gasteiger charge is 2.09. The number of benzene rings is 3. The van der Waals surface area contributed by atoms with E-state index in [0.29, 0.717) is 16.9 Å². The number of carbonyl (C=O) groups excluding carboxylic acids is 3. The lowest BCUT2D eigenvalue weighted by molar-refractivity contribution is -0.255. The summed E-state index contributed by atoms with van der Waals surface area (Å²) < 4.78 is 0. The first-order valence-electron chi connectivity index (χ1n) is 8.58. The SMILES string of the molecule is O=C(Cc1ccccc1)Nc1cccc(C(=O)Nc2cccc(C(=O)[O-])c2)c1. The number of rotatable bonds is 6. The van der Waals surface area contributed by atoms with Gasteiger partial charge in [-0.3, -0.25) is 9.59 Å². The molecule has 0 spiro atoms. The molecule has 2 amide bonds. The van der Waals surface area contributed by atoms with Crippen molar-refractivity contribution in [2.75, 3.05) is 10.6 Å². The molecule has 3 aromatic rings. The molecule has 140 valence electrons. The molecule has 6 nitrogen and oxygen atoms in total. The molecular formula is C22H17N2O4-. The first kappa shape index (κ1) is 18.8. The maximum atomic E-state index is 12.4. The number of anilines is 2. The lowest BCUT2D eigenvalue weighted by atomic mass is 10.1. The van der Waals surface area contributed by atoms with Crippen LogP contribution in [0.1, 0.15) is 26.3 Å². The van der Waals surface area contributed by atoms with Crippen molar-refractivity contribution in [2.45, 2.75) is 6.42 Å². The normalized spacial score (nSPS) is 10.1. The summed E-state index contributed by atoms with van der Waals surface area (Å²) in [5.74, 6) is -1.93. The maximum Gasteiger partial charge on any atom is 0.255 e. The summed E-state index contributed by atoms with van der Waals surface area (Å²) in [6.45, 7) is 0. The average Bonchev–Trinajstić information content (AvgIpc) is 2.69. The van der Waals surface area contributed by atoms with Gasteiger partial charge in [-0.25, -0.2) is 0 Å². The number of amides is 2. The number of aromatic carboxylic acids is 1. The van der Waals surface area contributed by atoms with Crippen LogP contribution in [0.5, 0.6) is 0 Å². The molecule has 3 aromatic carbocycles. The Hall–Kier alpha value is -3.93. The Balaban J connectivity index is 1.67. The molecule has 0 fully saturated rings. The molecule has 0 atom stereocenters. The summed E-state index contributed by atoms with van der Waals surface area (Å²) in [5, 5.41) is 16.3. The predicted octanol–water partition coefficient (Wildman–Crippen LogP) is 2.48. The van der Waals surface area contributed by atoms with Gasteiger partial charge in [0.1, 0.15) is 0 Å². The van der Waals surface area contributed by atoms with Gasteiger partial charge in [-0.2, -0.15) is 0 Å². The fourth-order valence-corrected chi connectivity index (χ4v) is 2.65. The molecule has 0 radical (unpaired) electrons. The molecule has 6 heteroatoms. The second-order valence-corrected chi connectivity index (χ2v) is 6.11. The summed E-state index contributed by atoms with van der Waals surface area (Å²) in [4.78, 5) is 35.5.